The highest BCUT2D eigenvalue weighted by Crippen LogP contribution is 2.14. The molecular weight excluding hydrogens is 192 g/mol. The van der Waals surface area contributed by atoms with Gasteiger partial charge in [-0.15, -0.1) is 0 Å². The minimum absolute atomic E-state index is 0.0735. The van der Waals surface area contributed by atoms with Crippen molar-refractivity contribution in [3.05, 3.63) is 30.1 Å². The van der Waals surface area contributed by atoms with E-state index >= 15 is 0 Å². The number of amides is 1. The first-order chi connectivity index (χ1) is 7.09. The SMILES string of the molecule is CN(C)C(=O)c1cnn2ccc(N)cc12. The van der Waals surface area contributed by atoms with Crippen molar-refractivity contribution in [2.24, 2.45) is 0 Å². The number of hydrogen-bond donors (Lipinski definition) is 1. The van der Waals surface area contributed by atoms with E-state index < -0.39 is 0 Å². The monoisotopic (exact) mass is 204 g/mol. The summed E-state index contributed by atoms with van der Waals surface area (Å²) in [7, 11) is 3.41. The van der Waals surface area contributed by atoms with Gasteiger partial charge in [-0.25, -0.2) is 4.52 Å². The maximum Gasteiger partial charge on any atom is 0.257 e. The zero-order valence-electron chi connectivity index (χ0n) is 8.64. The zero-order valence-corrected chi connectivity index (χ0v) is 8.64. The summed E-state index contributed by atoms with van der Waals surface area (Å²) in [6.07, 6.45) is 3.29. The Morgan fingerprint density at radius 1 is 1.53 bits per heavy atom. The molecule has 0 unspecified atom stereocenters. The highest BCUT2D eigenvalue weighted by atomic mass is 16.2. The Labute approximate surface area is 87.1 Å². The van der Waals surface area contributed by atoms with Crippen LogP contribution in [0.1, 0.15) is 10.4 Å². The molecule has 2 aromatic rings. The van der Waals surface area contributed by atoms with E-state index in [1.165, 1.54) is 4.90 Å². The Morgan fingerprint density at radius 3 is 2.93 bits per heavy atom. The second-order valence-electron chi connectivity index (χ2n) is 3.55. The molecule has 0 bridgehead atoms. The third kappa shape index (κ3) is 1.52. The van der Waals surface area contributed by atoms with Gasteiger partial charge in [0.05, 0.1) is 17.3 Å². The summed E-state index contributed by atoms with van der Waals surface area (Å²) >= 11 is 0. The third-order valence-electron chi connectivity index (χ3n) is 2.18. The summed E-state index contributed by atoms with van der Waals surface area (Å²) in [5, 5.41) is 4.08. The molecule has 0 radical (unpaired) electrons. The molecule has 0 aromatic carbocycles. The molecule has 0 saturated heterocycles. The van der Waals surface area contributed by atoms with Crippen LogP contribution in [0.25, 0.3) is 5.52 Å². The molecule has 2 N–H and O–H groups in total. The molecule has 5 nitrogen and oxygen atoms in total. The molecule has 0 aliphatic heterocycles. The van der Waals surface area contributed by atoms with Crippen LogP contribution in [0.5, 0.6) is 0 Å². The first kappa shape index (κ1) is 9.51. The van der Waals surface area contributed by atoms with Gasteiger partial charge in [-0.2, -0.15) is 5.10 Å². The molecule has 1 amide bonds. The maximum absolute atomic E-state index is 11.8. The quantitative estimate of drug-likeness (QED) is 0.740. The van der Waals surface area contributed by atoms with Crippen LogP contribution in [-0.2, 0) is 0 Å². The largest absolute Gasteiger partial charge is 0.399 e. The standard InChI is InChI=1S/C10H12N4O/c1-13(2)10(15)8-6-12-14-4-3-7(11)5-9(8)14/h3-6H,11H2,1-2H3. The normalized spacial score (nSPS) is 10.5. The van der Waals surface area contributed by atoms with Gasteiger partial charge in [0.2, 0.25) is 0 Å². The third-order valence-corrected chi connectivity index (χ3v) is 2.18. The minimum atomic E-state index is -0.0735. The van der Waals surface area contributed by atoms with Crippen molar-refractivity contribution in [1.29, 1.82) is 0 Å². The highest BCUT2D eigenvalue weighted by molar-refractivity contribution is 6.00. The van der Waals surface area contributed by atoms with Gasteiger partial charge in [-0.05, 0) is 12.1 Å². The van der Waals surface area contributed by atoms with Gasteiger partial charge in [-0.3, -0.25) is 4.79 Å². The first-order valence-electron chi connectivity index (χ1n) is 4.54. The molecule has 0 spiro atoms. The zero-order chi connectivity index (χ0) is 11.0. The Kier molecular flexibility index (Phi) is 2.07. The molecular formula is C10H12N4O. The van der Waals surface area contributed by atoms with Crippen molar-refractivity contribution in [3.63, 3.8) is 0 Å². The topological polar surface area (TPSA) is 63.6 Å². The van der Waals surface area contributed by atoms with Gasteiger partial charge in [0.1, 0.15) is 0 Å². The average molecular weight is 204 g/mol. The Balaban J connectivity index is 2.62. The molecule has 2 heterocycles. The summed E-state index contributed by atoms with van der Waals surface area (Å²) in [5.74, 6) is -0.0735. The van der Waals surface area contributed by atoms with Crippen molar-refractivity contribution in [3.8, 4) is 0 Å². The van der Waals surface area contributed by atoms with E-state index in [4.69, 9.17) is 5.73 Å². The molecule has 0 fully saturated rings. The molecule has 0 atom stereocenters. The van der Waals surface area contributed by atoms with Crippen LogP contribution in [-0.4, -0.2) is 34.5 Å². The number of aromatic nitrogens is 2. The van der Waals surface area contributed by atoms with Crippen LogP contribution < -0.4 is 5.73 Å². The molecule has 0 aliphatic rings. The summed E-state index contributed by atoms with van der Waals surface area (Å²) in [6, 6.07) is 3.48. The van der Waals surface area contributed by atoms with Gasteiger partial charge >= 0.3 is 0 Å². The van der Waals surface area contributed by atoms with E-state index in [1.807, 2.05) is 0 Å². The highest BCUT2D eigenvalue weighted by Gasteiger charge is 2.13. The summed E-state index contributed by atoms with van der Waals surface area (Å²) in [4.78, 5) is 13.3. The molecule has 15 heavy (non-hydrogen) atoms. The number of nitrogens with zero attached hydrogens (tertiary/aromatic N) is 3. The number of hydrogen-bond acceptors (Lipinski definition) is 3. The fourth-order valence-corrected chi connectivity index (χ4v) is 1.40. The van der Waals surface area contributed by atoms with E-state index in [9.17, 15) is 4.79 Å². The smallest absolute Gasteiger partial charge is 0.257 e. The maximum atomic E-state index is 11.8. The van der Waals surface area contributed by atoms with E-state index in [-0.39, 0.29) is 5.91 Å². The number of carbonyl (C=O) groups is 1. The van der Waals surface area contributed by atoms with Crippen molar-refractivity contribution < 1.29 is 4.79 Å². The van der Waals surface area contributed by atoms with E-state index in [1.54, 1.807) is 43.1 Å². The Morgan fingerprint density at radius 2 is 2.27 bits per heavy atom. The molecule has 78 valence electrons. The summed E-state index contributed by atoms with van der Waals surface area (Å²) in [6.45, 7) is 0. The number of carbonyl (C=O) groups excluding carboxylic acids is 1. The molecule has 2 rings (SSSR count). The van der Waals surface area contributed by atoms with E-state index in [0.29, 0.717) is 11.3 Å². The Bertz CT molecular complexity index is 515. The number of pyridine rings is 1. The van der Waals surface area contributed by atoms with E-state index in [2.05, 4.69) is 5.10 Å². The predicted octanol–water partition coefficient (Wildman–Crippen LogP) is 0.618. The fourth-order valence-electron chi connectivity index (χ4n) is 1.40. The van der Waals surface area contributed by atoms with Crippen LogP contribution in [0.15, 0.2) is 24.5 Å². The number of rotatable bonds is 1. The molecule has 0 saturated carbocycles. The lowest BCUT2D eigenvalue weighted by Crippen LogP contribution is -2.21. The Hall–Kier alpha value is -2.04. The second kappa shape index (κ2) is 3.27. The number of nitrogens with two attached hydrogens (primary N) is 1. The van der Waals surface area contributed by atoms with Crippen LogP contribution >= 0.6 is 0 Å². The lowest BCUT2D eigenvalue weighted by molar-refractivity contribution is 0.0829. The molecule has 5 heteroatoms. The van der Waals surface area contributed by atoms with Crippen molar-refractivity contribution >= 4 is 17.1 Å². The van der Waals surface area contributed by atoms with Gasteiger partial charge in [0.25, 0.3) is 5.91 Å². The molecule has 0 aliphatic carbocycles. The van der Waals surface area contributed by atoms with Crippen LogP contribution in [0.4, 0.5) is 5.69 Å². The average Bonchev–Trinajstić information content (AvgIpc) is 2.59. The van der Waals surface area contributed by atoms with Gasteiger partial charge in [0.15, 0.2) is 0 Å². The van der Waals surface area contributed by atoms with Crippen LogP contribution in [0.2, 0.25) is 0 Å². The number of fused-ring (bicyclic) bond motifs is 1. The van der Waals surface area contributed by atoms with Crippen LogP contribution in [0, 0.1) is 0 Å². The lowest BCUT2D eigenvalue weighted by atomic mass is 10.2. The van der Waals surface area contributed by atoms with Crippen molar-refractivity contribution in [2.75, 3.05) is 19.8 Å². The lowest BCUT2D eigenvalue weighted by Gasteiger charge is -2.08. The van der Waals surface area contributed by atoms with Crippen molar-refractivity contribution in [1.82, 2.24) is 14.5 Å². The summed E-state index contributed by atoms with van der Waals surface area (Å²) < 4.78 is 1.63. The van der Waals surface area contributed by atoms with E-state index in [0.717, 1.165) is 5.52 Å². The predicted molar refractivity (Wildman–Crippen MR) is 57.6 cm³/mol. The first-order valence-corrected chi connectivity index (χ1v) is 4.54. The van der Waals surface area contributed by atoms with Gasteiger partial charge < -0.3 is 10.6 Å². The fraction of sp³-hybridized carbons (Fsp3) is 0.200. The minimum Gasteiger partial charge on any atom is -0.399 e. The second-order valence-corrected chi connectivity index (χ2v) is 3.55. The van der Waals surface area contributed by atoms with Crippen LogP contribution in [0.3, 0.4) is 0 Å². The summed E-state index contributed by atoms with van der Waals surface area (Å²) in [5.41, 5.74) is 7.58. The van der Waals surface area contributed by atoms with Crippen molar-refractivity contribution in [2.45, 2.75) is 0 Å². The van der Waals surface area contributed by atoms with Gasteiger partial charge in [0, 0.05) is 26.0 Å². The number of anilines is 1. The molecule has 2 aromatic heterocycles. The number of nitrogen functional groups attached to an aromatic ring is 1. The van der Waals surface area contributed by atoms with Gasteiger partial charge in [-0.1, -0.05) is 0 Å².